The van der Waals surface area contributed by atoms with Crippen molar-refractivity contribution in [2.24, 2.45) is 4.99 Å². The molecule has 2 unspecified atom stereocenters. The third-order valence-corrected chi connectivity index (χ3v) is 6.31. The van der Waals surface area contributed by atoms with Gasteiger partial charge in [-0.1, -0.05) is 44.2 Å². The number of guanidine groups is 1. The van der Waals surface area contributed by atoms with Crippen LogP contribution in [0.15, 0.2) is 35.3 Å². The molecule has 158 valence electrons. The van der Waals surface area contributed by atoms with E-state index < -0.39 is 0 Å². The average molecular weight is 501 g/mol. The largest absolute Gasteiger partial charge is 0.375 e. The minimum absolute atomic E-state index is 0. The number of nitrogens with one attached hydrogen (secondary N) is 1. The molecule has 5 nitrogen and oxygen atoms in total. The minimum Gasteiger partial charge on any atom is -0.375 e. The maximum absolute atomic E-state index is 5.99. The maximum atomic E-state index is 5.99. The lowest BCUT2D eigenvalue weighted by Gasteiger charge is -2.39. The molecule has 1 aromatic carbocycles. The molecule has 2 aliphatic heterocycles. The zero-order valence-electron chi connectivity index (χ0n) is 17.5. The first-order valence-electron chi connectivity index (χ1n) is 10.5. The first-order chi connectivity index (χ1) is 13.2. The van der Waals surface area contributed by atoms with Crippen LogP contribution in [-0.4, -0.2) is 63.0 Å². The number of hydrogen-bond acceptors (Lipinski definition) is 3. The van der Waals surface area contributed by atoms with E-state index in [9.17, 15) is 0 Å². The smallest absolute Gasteiger partial charge is 0.193 e. The van der Waals surface area contributed by atoms with Gasteiger partial charge < -0.3 is 19.7 Å². The number of morpholine rings is 1. The Bertz CT molecular complexity index is 601. The monoisotopic (exact) mass is 501 g/mol. The van der Waals surface area contributed by atoms with E-state index >= 15 is 0 Å². The Kier molecular flexibility index (Phi) is 9.50. The summed E-state index contributed by atoms with van der Waals surface area (Å²) < 4.78 is 11.8. The van der Waals surface area contributed by atoms with Crippen molar-refractivity contribution in [1.29, 1.82) is 0 Å². The van der Waals surface area contributed by atoms with Crippen LogP contribution >= 0.6 is 24.0 Å². The van der Waals surface area contributed by atoms with E-state index in [1.807, 2.05) is 7.05 Å². The van der Waals surface area contributed by atoms with Crippen molar-refractivity contribution in [2.75, 3.05) is 39.9 Å². The van der Waals surface area contributed by atoms with Crippen molar-refractivity contribution >= 4 is 29.9 Å². The Morgan fingerprint density at radius 2 is 1.86 bits per heavy atom. The quantitative estimate of drug-likeness (QED) is 0.366. The number of rotatable bonds is 6. The molecular formula is C22H36IN3O2. The molecule has 0 aliphatic carbocycles. The van der Waals surface area contributed by atoms with Crippen LogP contribution in [0.1, 0.15) is 45.1 Å². The Morgan fingerprint density at radius 1 is 1.14 bits per heavy atom. The van der Waals surface area contributed by atoms with Gasteiger partial charge in [0.2, 0.25) is 0 Å². The molecular weight excluding hydrogens is 465 g/mol. The molecule has 1 N–H and O–H groups in total. The standard InChI is InChI=1S/C22H35N3O2.HI/c1-4-22(5-2,18-10-7-6-8-11-18)17-24-21(23-3)25-13-15-27-20(16-25)19-12-9-14-26-19;/h6-8,10-11,19-20H,4-5,9,12-17H2,1-3H3,(H,23,24);1H. The van der Waals surface area contributed by atoms with Crippen LogP contribution in [0.2, 0.25) is 0 Å². The topological polar surface area (TPSA) is 46.1 Å². The van der Waals surface area contributed by atoms with Crippen LogP contribution in [0, 0.1) is 0 Å². The molecule has 2 fully saturated rings. The molecule has 2 saturated heterocycles. The zero-order valence-corrected chi connectivity index (χ0v) is 19.9. The van der Waals surface area contributed by atoms with Gasteiger partial charge in [-0.3, -0.25) is 4.99 Å². The molecule has 0 radical (unpaired) electrons. The lowest BCUT2D eigenvalue weighted by Crippen LogP contribution is -2.55. The van der Waals surface area contributed by atoms with E-state index in [0.29, 0.717) is 0 Å². The van der Waals surface area contributed by atoms with Gasteiger partial charge in [-0.05, 0) is 31.2 Å². The van der Waals surface area contributed by atoms with Gasteiger partial charge in [-0.25, -0.2) is 0 Å². The van der Waals surface area contributed by atoms with E-state index in [0.717, 1.165) is 64.5 Å². The molecule has 0 bridgehead atoms. The number of hydrogen-bond donors (Lipinski definition) is 1. The number of halogens is 1. The van der Waals surface area contributed by atoms with Gasteiger partial charge in [0.05, 0.1) is 12.7 Å². The Morgan fingerprint density at radius 3 is 2.46 bits per heavy atom. The van der Waals surface area contributed by atoms with Gasteiger partial charge in [0.1, 0.15) is 6.10 Å². The molecule has 3 rings (SSSR count). The van der Waals surface area contributed by atoms with E-state index in [4.69, 9.17) is 9.47 Å². The highest BCUT2D eigenvalue weighted by atomic mass is 127. The predicted octanol–water partition coefficient (Wildman–Crippen LogP) is 3.82. The lowest BCUT2D eigenvalue weighted by atomic mass is 9.76. The molecule has 28 heavy (non-hydrogen) atoms. The SMILES string of the molecule is CCC(CC)(CNC(=NC)N1CCOC(C2CCCO2)C1)c1ccccc1.I. The first kappa shape index (κ1) is 23.4. The highest BCUT2D eigenvalue weighted by Gasteiger charge is 2.33. The summed E-state index contributed by atoms with van der Waals surface area (Å²) >= 11 is 0. The lowest BCUT2D eigenvalue weighted by molar-refractivity contribution is -0.0817. The molecule has 0 saturated carbocycles. The Labute approximate surface area is 187 Å². The molecule has 0 aromatic heterocycles. The number of ether oxygens (including phenoxy) is 2. The summed E-state index contributed by atoms with van der Waals surface area (Å²) in [6.45, 7) is 8.77. The van der Waals surface area contributed by atoms with Crippen molar-refractivity contribution in [3.05, 3.63) is 35.9 Å². The van der Waals surface area contributed by atoms with Gasteiger partial charge in [0.25, 0.3) is 0 Å². The fraction of sp³-hybridized carbons (Fsp3) is 0.682. The van der Waals surface area contributed by atoms with Crippen LogP contribution in [0.4, 0.5) is 0 Å². The molecule has 2 atom stereocenters. The molecule has 2 heterocycles. The van der Waals surface area contributed by atoms with Crippen molar-refractivity contribution in [3.8, 4) is 0 Å². The summed E-state index contributed by atoms with van der Waals surface area (Å²) in [6.07, 6.45) is 4.83. The average Bonchev–Trinajstić information content (AvgIpc) is 3.28. The number of benzene rings is 1. The molecule has 1 aromatic rings. The highest BCUT2D eigenvalue weighted by molar-refractivity contribution is 14.0. The summed E-state index contributed by atoms with van der Waals surface area (Å²) in [7, 11) is 1.88. The van der Waals surface area contributed by atoms with Gasteiger partial charge in [-0.2, -0.15) is 0 Å². The maximum Gasteiger partial charge on any atom is 0.193 e. The van der Waals surface area contributed by atoms with Gasteiger partial charge in [0, 0.05) is 38.7 Å². The van der Waals surface area contributed by atoms with Crippen LogP contribution < -0.4 is 5.32 Å². The van der Waals surface area contributed by atoms with Gasteiger partial charge >= 0.3 is 0 Å². The summed E-state index contributed by atoms with van der Waals surface area (Å²) in [4.78, 5) is 6.90. The summed E-state index contributed by atoms with van der Waals surface area (Å²) in [5, 5.41) is 3.67. The van der Waals surface area contributed by atoms with E-state index in [-0.39, 0.29) is 41.6 Å². The molecule has 0 spiro atoms. The minimum atomic E-state index is 0. The van der Waals surface area contributed by atoms with Crippen molar-refractivity contribution in [3.63, 3.8) is 0 Å². The third kappa shape index (κ3) is 5.39. The molecule has 2 aliphatic rings. The number of nitrogens with zero attached hydrogens (tertiary/aromatic N) is 2. The second-order valence-corrected chi connectivity index (χ2v) is 7.66. The normalized spacial score (nSPS) is 23.4. The second-order valence-electron chi connectivity index (χ2n) is 7.66. The van der Waals surface area contributed by atoms with E-state index in [2.05, 4.69) is 59.4 Å². The molecule has 6 heteroatoms. The fourth-order valence-corrected chi connectivity index (χ4v) is 4.37. The van der Waals surface area contributed by atoms with Crippen molar-refractivity contribution in [2.45, 2.75) is 57.2 Å². The second kappa shape index (κ2) is 11.4. The summed E-state index contributed by atoms with van der Waals surface area (Å²) in [6, 6.07) is 10.9. The van der Waals surface area contributed by atoms with Gasteiger partial charge in [0.15, 0.2) is 5.96 Å². The summed E-state index contributed by atoms with van der Waals surface area (Å²) in [5.41, 5.74) is 1.52. The van der Waals surface area contributed by atoms with E-state index in [1.165, 1.54) is 5.56 Å². The Balaban J connectivity index is 0.00000280. The first-order valence-corrected chi connectivity index (χ1v) is 10.5. The van der Waals surface area contributed by atoms with E-state index in [1.54, 1.807) is 0 Å². The van der Waals surface area contributed by atoms with Crippen LogP contribution in [-0.2, 0) is 14.9 Å². The number of aliphatic imine (C=N–C) groups is 1. The van der Waals surface area contributed by atoms with Crippen LogP contribution in [0.5, 0.6) is 0 Å². The highest BCUT2D eigenvalue weighted by Crippen LogP contribution is 2.31. The van der Waals surface area contributed by atoms with Gasteiger partial charge in [-0.15, -0.1) is 24.0 Å². The van der Waals surface area contributed by atoms with Crippen LogP contribution in [0.25, 0.3) is 0 Å². The molecule has 0 amide bonds. The fourth-order valence-electron chi connectivity index (χ4n) is 4.37. The third-order valence-electron chi connectivity index (χ3n) is 6.31. The van der Waals surface area contributed by atoms with Crippen molar-refractivity contribution < 1.29 is 9.47 Å². The van der Waals surface area contributed by atoms with Crippen molar-refractivity contribution in [1.82, 2.24) is 10.2 Å². The van der Waals surface area contributed by atoms with Crippen LogP contribution in [0.3, 0.4) is 0 Å². The predicted molar refractivity (Wildman–Crippen MR) is 126 cm³/mol. The summed E-state index contributed by atoms with van der Waals surface area (Å²) in [5.74, 6) is 0.975. The Hall–Kier alpha value is -0.860. The zero-order chi connectivity index (χ0) is 19.1.